The van der Waals surface area contributed by atoms with Gasteiger partial charge in [-0.15, -0.1) is 0 Å². The molecule has 0 spiro atoms. The van der Waals surface area contributed by atoms with Crippen molar-refractivity contribution in [2.24, 2.45) is 11.5 Å². The van der Waals surface area contributed by atoms with Crippen LogP contribution in [-0.4, -0.2) is 17.8 Å². The van der Waals surface area contributed by atoms with Crippen molar-refractivity contribution in [1.29, 1.82) is 0 Å². The van der Waals surface area contributed by atoms with Crippen molar-refractivity contribution in [3.8, 4) is 0 Å². The second kappa shape index (κ2) is 3.46. The molecule has 0 saturated heterocycles. The van der Waals surface area contributed by atoms with Crippen molar-refractivity contribution in [3.63, 3.8) is 0 Å². The standard InChI is InChI=1S/C5H12N2O/c1-4(8)5(7)2-3-6/h2,4,8H,3,6-7H2,1H3. The van der Waals surface area contributed by atoms with Gasteiger partial charge >= 0.3 is 0 Å². The molecule has 5 N–H and O–H groups in total. The highest BCUT2D eigenvalue weighted by atomic mass is 16.3. The molecule has 0 saturated carbocycles. The quantitative estimate of drug-likeness (QED) is 0.441. The molecule has 48 valence electrons. The minimum Gasteiger partial charge on any atom is -0.400 e. The Bertz CT molecular complexity index is 88.4. The second-order valence-corrected chi connectivity index (χ2v) is 1.62. The van der Waals surface area contributed by atoms with Gasteiger partial charge in [-0.1, -0.05) is 0 Å². The zero-order chi connectivity index (χ0) is 6.57. The zero-order valence-corrected chi connectivity index (χ0v) is 4.96. The number of aliphatic hydroxyl groups is 1. The van der Waals surface area contributed by atoms with Crippen molar-refractivity contribution >= 4 is 0 Å². The third-order valence-electron chi connectivity index (χ3n) is 0.836. The zero-order valence-electron chi connectivity index (χ0n) is 4.96. The van der Waals surface area contributed by atoms with Gasteiger partial charge in [-0.3, -0.25) is 0 Å². The molecule has 0 heterocycles. The summed E-state index contributed by atoms with van der Waals surface area (Å²) in [6.07, 6.45) is 1.02. The SMILES string of the molecule is CC(O)C(N)=CCN. The fraction of sp³-hybridized carbons (Fsp3) is 0.600. The molecule has 0 aliphatic carbocycles. The maximum absolute atomic E-state index is 8.70. The molecule has 0 aromatic carbocycles. The van der Waals surface area contributed by atoms with E-state index in [9.17, 15) is 0 Å². The van der Waals surface area contributed by atoms with E-state index in [1.54, 1.807) is 13.0 Å². The second-order valence-electron chi connectivity index (χ2n) is 1.62. The molecular formula is C5H12N2O. The summed E-state index contributed by atoms with van der Waals surface area (Å²) < 4.78 is 0. The van der Waals surface area contributed by atoms with Gasteiger partial charge in [0.2, 0.25) is 0 Å². The minimum absolute atomic E-state index is 0.386. The topological polar surface area (TPSA) is 72.3 Å². The first-order valence-electron chi connectivity index (χ1n) is 2.52. The van der Waals surface area contributed by atoms with Crippen LogP contribution in [0.15, 0.2) is 11.8 Å². The van der Waals surface area contributed by atoms with Gasteiger partial charge in [-0.25, -0.2) is 0 Å². The van der Waals surface area contributed by atoms with Crippen LogP contribution in [0.2, 0.25) is 0 Å². The molecule has 0 aliphatic rings. The van der Waals surface area contributed by atoms with Crippen LogP contribution in [0.3, 0.4) is 0 Å². The van der Waals surface area contributed by atoms with Gasteiger partial charge in [0.1, 0.15) is 0 Å². The van der Waals surface area contributed by atoms with Gasteiger partial charge in [0.15, 0.2) is 0 Å². The summed E-state index contributed by atoms with van der Waals surface area (Å²) in [5.41, 5.74) is 10.8. The smallest absolute Gasteiger partial charge is 0.0901 e. The Kier molecular flexibility index (Phi) is 3.23. The Balaban J connectivity index is 3.61. The van der Waals surface area contributed by atoms with Gasteiger partial charge in [0.25, 0.3) is 0 Å². The normalized spacial score (nSPS) is 16.1. The molecule has 3 heteroatoms. The molecule has 8 heavy (non-hydrogen) atoms. The molecule has 0 aromatic heterocycles. The van der Waals surface area contributed by atoms with Crippen LogP contribution in [0.4, 0.5) is 0 Å². The monoisotopic (exact) mass is 116 g/mol. The summed E-state index contributed by atoms with van der Waals surface area (Å²) in [7, 11) is 0. The van der Waals surface area contributed by atoms with E-state index in [-0.39, 0.29) is 0 Å². The molecule has 0 aliphatic heterocycles. The molecule has 3 nitrogen and oxygen atoms in total. The molecule has 1 atom stereocenters. The Hall–Kier alpha value is -0.540. The summed E-state index contributed by atoms with van der Waals surface area (Å²) in [5.74, 6) is 0. The largest absolute Gasteiger partial charge is 0.400 e. The first-order chi connectivity index (χ1) is 3.68. The van der Waals surface area contributed by atoms with Gasteiger partial charge in [-0.05, 0) is 13.0 Å². The highest BCUT2D eigenvalue weighted by molar-refractivity contribution is 5.01. The van der Waals surface area contributed by atoms with Crippen LogP contribution in [0.25, 0.3) is 0 Å². The maximum Gasteiger partial charge on any atom is 0.0901 e. The van der Waals surface area contributed by atoms with Crippen molar-refractivity contribution in [2.45, 2.75) is 13.0 Å². The highest BCUT2D eigenvalue weighted by Crippen LogP contribution is 1.89. The lowest BCUT2D eigenvalue weighted by atomic mass is 10.3. The molecule has 0 amide bonds. The summed E-state index contributed by atoms with van der Waals surface area (Å²) in [4.78, 5) is 0. The number of aliphatic hydroxyl groups excluding tert-OH is 1. The predicted octanol–water partition coefficient (Wildman–Crippen LogP) is -0.831. The molecule has 1 unspecified atom stereocenters. The number of rotatable bonds is 2. The molecule has 0 radical (unpaired) electrons. The van der Waals surface area contributed by atoms with Crippen molar-refractivity contribution in [2.75, 3.05) is 6.54 Å². The Labute approximate surface area is 49.0 Å². The number of hydrogen-bond acceptors (Lipinski definition) is 3. The van der Waals surface area contributed by atoms with E-state index in [2.05, 4.69) is 0 Å². The van der Waals surface area contributed by atoms with Crippen LogP contribution in [0.1, 0.15) is 6.92 Å². The van der Waals surface area contributed by atoms with E-state index in [1.807, 2.05) is 0 Å². The fourth-order valence-corrected chi connectivity index (χ4v) is 0.307. The fourth-order valence-electron chi connectivity index (χ4n) is 0.307. The Morgan fingerprint density at radius 3 is 2.50 bits per heavy atom. The summed E-state index contributed by atoms with van der Waals surface area (Å²) >= 11 is 0. The van der Waals surface area contributed by atoms with Crippen molar-refractivity contribution < 1.29 is 5.11 Å². The maximum atomic E-state index is 8.70. The lowest BCUT2D eigenvalue weighted by molar-refractivity contribution is 0.229. The summed E-state index contributed by atoms with van der Waals surface area (Å²) in [5, 5.41) is 8.70. The van der Waals surface area contributed by atoms with E-state index in [4.69, 9.17) is 16.6 Å². The van der Waals surface area contributed by atoms with Crippen LogP contribution in [0.5, 0.6) is 0 Å². The van der Waals surface area contributed by atoms with E-state index >= 15 is 0 Å². The number of hydrogen-bond donors (Lipinski definition) is 3. The molecular weight excluding hydrogens is 104 g/mol. The van der Waals surface area contributed by atoms with Gasteiger partial charge in [0.05, 0.1) is 6.10 Å². The molecule has 0 fully saturated rings. The first-order valence-corrected chi connectivity index (χ1v) is 2.52. The summed E-state index contributed by atoms with van der Waals surface area (Å²) in [6.45, 7) is 1.98. The third-order valence-corrected chi connectivity index (χ3v) is 0.836. The first kappa shape index (κ1) is 7.46. The van der Waals surface area contributed by atoms with E-state index < -0.39 is 6.10 Å². The van der Waals surface area contributed by atoms with Crippen LogP contribution in [0, 0.1) is 0 Å². The van der Waals surface area contributed by atoms with Crippen LogP contribution >= 0.6 is 0 Å². The predicted molar refractivity (Wildman–Crippen MR) is 33.0 cm³/mol. The molecule has 0 rings (SSSR count). The lowest BCUT2D eigenvalue weighted by Gasteiger charge is -2.01. The van der Waals surface area contributed by atoms with Gasteiger partial charge in [0, 0.05) is 12.2 Å². The van der Waals surface area contributed by atoms with Crippen molar-refractivity contribution in [3.05, 3.63) is 11.8 Å². The summed E-state index contributed by atoms with van der Waals surface area (Å²) in [6, 6.07) is 0. The van der Waals surface area contributed by atoms with Crippen LogP contribution in [-0.2, 0) is 0 Å². The highest BCUT2D eigenvalue weighted by Gasteiger charge is 1.94. The average molecular weight is 116 g/mol. The van der Waals surface area contributed by atoms with Gasteiger partial charge < -0.3 is 16.6 Å². The minimum atomic E-state index is -0.571. The molecule has 0 bridgehead atoms. The van der Waals surface area contributed by atoms with Gasteiger partial charge in [-0.2, -0.15) is 0 Å². The van der Waals surface area contributed by atoms with E-state index in [0.29, 0.717) is 12.2 Å². The van der Waals surface area contributed by atoms with E-state index in [1.165, 1.54) is 0 Å². The average Bonchev–Trinajstić information content (AvgIpc) is 1.67. The van der Waals surface area contributed by atoms with E-state index in [0.717, 1.165) is 0 Å². The van der Waals surface area contributed by atoms with Crippen LogP contribution < -0.4 is 11.5 Å². The Morgan fingerprint density at radius 2 is 2.38 bits per heavy atom. The molecule has 0 aromatic rings. The number of nitrogens with two attached hydrogens (primary N) is 2. The Morgan fingerprint density at radius 1 is 1.88 bits per heavy atom. The van der Waals surface area contributed by atoms with Crippen molar-refractivity contribution in [1.82, 2.24) is 0 Å². The third kappa shape index (κ3) is 2.60. The lowest BCUT2D eigenvalue weighted by Crippen LogP contribution is -2.14.